The summed E-state index contributed by atoms with van der Waals surface area (Å²) >= 11 is 3.98. The molecular weight excluding hydrogens is 162 g/mol. The van der Waals surface area contributed by atoms with E-state index in [0.29, 0.717) is 12.3 Å². The van der Waals surface area contributed by atoms with Crippen LogP contribution in [0.25, 0.3) is 0 Å². The van der Waals surface area contributed by atoms with Gasteiger partial charge in [-0.25, -0.2) is 4.79 Å². The van der Waals surface area contributed by atoms with Crippen molar-refractivity contribution < 1.29 is 9.90 Å². The molecule has 11 heavy (non-hydrogen) atoms. The van der Waals surface area contributed by atoms with E-state index in [9.17, 15) is 4.79 Å². The van der Waals surface area contributed by atoms with Crippen LogP contribution in [0.4, 0.5) is 4.79 Å². The van der Waals surface area contributed by atoms with Crippen molar-refractivity contribution in [2.45, 2.75) is 26.3 Å². The second-order valence-electron chi connectivity index (χ2n) is 3.33. The molecule has 1 N–H and O–H groups in total. The molecule has 66 valence electrons. The van der Waals surface area contributed by atoms with Gasteiger partial charge in [0.05, 0.1) is 0 Å². The molecule has 0 aliphatic carbocycles. The number of nitrogens with zero attached hydrogens (tertiary/aromatic N) is 1. The van der Waals surface area contributed by atoms with Crippen molar-refractivity contribution in [2.75, 3.05) is 12.3 Å². The Morgan fingerprint density at radius 2 is 2.00 bits per heavy atom. The summed E-state index contributed by atoms with van der Waals surface area (Å²) in [5, 5.41) is 8.73. The maximum absolute atomic E-state index is 10.6. The SMILES string of the molecule is CC(C)(C)N(CCS)C(=O)O. The first kappa shape index (κ1) is 10.6. The fourth-order valence-corrected chi connectivity index (χ4v) is 1.02. The average Bonchev–Trinajstić information content (AvgIpc) is 1.79. The Morgan fingerprint density at radius 3 is 2.09 bits per heavy atom. The molecule has 0 atom stereocenters. The first-order valence-electron chi connectivity index (χ1n) is 3.51. The monoisotopic (exact) mass is 177 g/mol. The standard InChI is InChI=1S/C7H15NO2S/c1-7(2,3)8(4-5-11)6(9)10/h11H,4-5H2,1-3H3,(H,9,10). The molecule has 0 saturated heterocycles. The highest BCUT2D eigenvalue weighted by molar-refractivity contribution is 7.80. The lowest BCUT2D eigenvalue weighted by Gasteiger charge is -2.32. The highest BCUT2D eigenvalue weighted by Gasteiger charge is 2.24. The molecule has 0 saturated carbocycles. The third kappa shape index (κ3) is 3.51. The Kier molecular flexibility index (Phi) is 3.72. The fraction of sp³-hybridized carbons (Fsp3) is 0.857. The van der Waals surface area contributed by atoms with Gasteiger partial charge < -0.3 is 10.0 Å². The molecule has 0 aliphatic heterocycles. The van der Waals surface area contributed by atoms with Crippen LogP contribution in [0.5, 0.6) is 0 Å². The minimum atomic E-state index is -0.883. The van der Waals surface area contributed by atoms with Crippen molar-refractivity contribution in [2.24, 2.45) is 0 Å². The van der Waals surface area contributed by atoms with E-state index in [1.807, 2.05) is 20.8 Å². The Bertz CT molecular complexity index is 142. The topological polar surface area (TPSA) is 40.5 Å². The third-order valence-electron chi connectivity index (χ3n) is 1.36. The quantitative estimate of drug-likeness (QED) is 0.630. The van der Waals surface area contributed by atoms with E-state index in [1.54, 1.807) is 0 Å². The smallest absolute Gasteiger partial charge is 0.407 e. The summed E-state index contributed by atoms with van der Waals surface area (Å²) in [5.74, 6) is 0.559. The Labute approximate surface area is 72.8 Å². The van der Waals surface area contributed by atoms with E-state index in [0.717, 1.165) is 0 Å². The van der Waals surface area contributed by atoms with Gasteiger partial charge in [-0.2, -0.15) is 12.6 Å². The number of hydrogen-bond donors (Lipinski definition) is 2. The van der Waals surface area contributed by atoms with Crippen LogP contribution in [0.2, 0.25) is 0 Å². The van der Waals surface area contributed by atoms with Crippen LogP contribution in [0.15, 0.2) is 0 Å². The normalized spacial score (nSPS) is 11.3. The predicted molar refractivity (Wildman–Crippen MR) is 48.3 cm³/mol. The van der Waals surface area contributed by atoms with Gasteiger partial charge in [0, 0.05) is 17.8 Å². The van der Waals surface area contributed by atoms with Crippen LogP contribution in [-0.4, -0.2) is 33.9 Å². The number of hydrogen-bond acceptors (Lipinski definition) is 2. The van der Waals surface area contributed by atoms with Crippen molar-refractivity contribution in [3.05, 3.63) is 0 Å². The summed E-state index contributed by atoms with van der Waals surface area (Å²) in [6.07, 6.45) is -0.883. The number of amides is 1. The van der Waals surface area contributed by atoms with Crippen LogP contribution in [0.3, 0.4) is 0 Å². The summed E-state index contributed by atoms with van der Waals surface area (Å²) in [6, 6.07) is 0. The van der Waals surface area contributed by atoms with E-state index >= 15 is 0 Å². The van der Waals surface area contributed by atoms with Gasteiger partial charge in [0.1, 0.15) is 0 Å². The lowest BCUT2D eigenvalue weighted by Crippen LogP contribution is -2.45. The summed E-state index contributed by atoms with van der Waals surface area (Å²) < 4.78 is 0. The largest absolute Gasteiger partial charge is 0.465 e. The average molecular weight is 177 g/mol. The van der Waals surface area contributed by atoms with Crippen molar-refractivity contribution in [1.29, 1.82) is 0 Å². The van der Waals surface area contributed by atoms with Crippen LogP contribution in [0.1, 0.15) is 20.8 Å². The molecule has 0 unspecified atom stereocenters. The van der Waals surface area contributed by atoms with Crippen molar-refractivity contribution in [3.63, 3.8) is 0 Å². The molecule has 0 aromatic carbocycles. The molecule has 0 aliphatic rings. The zero-order valence-electron chi connectivity index (χ0n) is 7.16. The zero-order chi connectivity index (χ0) is 9.07. The predicted octanol–water partition coefficient (Wildman–Crippen LogP) is 1.69. The molecule has 0 fully saturated rings. The maximum Gasteiger partial charge on any atom is 0.407 e. The molecular formula is C7H15NO2S. The Hall–Kier alpha value is -0.380. The first-order valence-corrected chi connectivity index (χ1v) is 4.14. The van der Waals surface area contributed by atoms with Crippen LogP contribution in [0, 0.1) is 0 Å². The molecule has 0 aromatic heterocycles. The summed E-state index contributed by atoms with van der Waals surface area (Å²) in [6.45, 7) is 6.07. The van der Waals surface area contributed by atoms with Gasteiger partial charge in [0.2, 0.25) is 0 Å². The second-order valence-corrected chi connectivity index (χ2v) is 3.78. The molecule has 0 bridgehead atoms. The van der Waals surface area contributed by atoms with Crippen molar-refractivity contribution in [3.8, 4) is 0 Å². The van der Waals surface area contributed by atoms with Gasteiger partial charge in [-0.1, -0.05) is 0 Å². The van der Waals surface area contributed by atoms with E-state index < -0.39 is 6.09 Å². The maximum atomic E-state index is 10.6. The van der Waals surface area contributed by atoms with Crippen molar-refractivity contribution in [1.82, 2.24) is 4.90 Å². The van der Waals surface area contributed by atoms with E-state index in [2.05, 4.69) is 12.6 Å². The molecule has 4 heteroatoms. The van der Waals surface area contributed by atoms with Gasteiger partial charge in [-0.05, 0) is 20.8 Å². The Balaban J connectivity index is 4.22. The minimum absolute atomic E-state index is 0.325. The first-order chi connectivity index (χ1) is 4.89. The lowest BCUT2D eigenvalue weighted by molar-refractivity contribution is 0.105. The summed E-state index contributed by atoms with van der Waals surface area (Å²) in [5.41, 5.74) is -0.325. The van der Waals surface area contributed by atoms with Gasteiger partial charge >= 0.3 is 6.09 Å². The molecule has 0 spiro atoms. The van der Waals surface area contributed by atoms with Gasteiger partial charge in [-0.3, -0.25) is 0 Å². The number of rotatable bonds is 2. The van der Waals surface area contributed by atoms with E-state index in [-0.39, 0.29) is 5.54 Å². The summed E-state index contributed by atoms with van der Waals surface area (Å²) in [7, 11) is 0. The van der Waals surface area contributed by atoms with Gasteiger partial charge in [0.15, 0.2) is 0 Å². The molecule has 0 aromatic rings. The van der Waals surface area contributed by atoms with E-state index in [1.165, 1.54) is 4.90 Å². The third-order valence-corrected chi connectivity index (χ3v) is 1.56. The lowest BCUT2D eigenvalue weighted by atomic mass is 10.1. The van der Waals surface area contributed by atoms with Crippen molar-refractivity contribution >= 4 is 18.7 Å². The molecule has 1 amide bonds. The highest BCUT2D eigenvalue weighted by atomic mass is 32.1. The summed E-state index contributed by atoms with van der Waals surface area (Å²) in [4.78, 5) is 12.0. The van der Waals surface area contributed by atoms with E-state index in [4.69, 9.17) is 5.11 Å². The van der Waals surface area contributed by atoms with Gasteiger partial charge in [-0.15, -0.1) is 0 Å². The Morgan fingerprint density at radius 1 is 1.55 bits per heavy atom. The molecule has 0 rings (SSSR count). The van der Waals surface area contributed by atoms with Crippen LogP contribution < -0.4 is 0 Å². The number of thiol groups is 1. The number of carbonyl (C=O) groups is 1. The molecule has 0 radical (unpaired) electrons. The van der Waals surface area contributed by atoms with Crippen LogP contribution in [-0.2, 0) is 0 Å². The number of carboxylic acid groups (broad SMARTS) is 1. The highest BCUT2D eigenvalue weighted by Crippen LogP contribution is 2.12. The van der Waals surface area contributed by atoms with Crippen LogP contribution >= 0.6 is 12.6 Å². The second kappa shape index (κ2) is 3.85. The molecule has 3 nitrogen and oxygen atoms in total. The molecule has 0 heterocycles. The zero-order valence-corrected chi connectivity index (χ0v) is 8.06. The van der Waals surface area contributed by atoms with Gasteiger partial charge in [0.25, 0.3) is 0 Å². The fourth-order valence-electron chi connectivity index (χ4n) is 0.818. The minimum Gasteiger partial charge on any atom is -0.465 e.